The van der Waals surface area contributed by atoms with E-state index in [1.807, 2.05) is 36.4 Å². The predicted molar refractivity (Wildman–Crippen MR) is 103 cm³/mol. The van der Waals surface area contributed by atoms with Crippen molar-refractivity contribution in [1.82, 2.24) is 5.32 Å². The van der Waals surface area contributed by atoms with Gasteiger partial charge in [0, 0.05) is 5.92 Å². The van der Waals surface area contributed by atoms with Crippen LogP contribution in [0.25, 0.3) is 11.1 Å². The van der Waals surface area contributed by atoms with Crippen molar-refractivity contribution in [3.8, 4) is 11.1 Å². The maximum absolute atomic E-state index is 12.3. The van der Waals surface area contributed by atoms with Crippen LogP contribution < -0.4 is 5.32 Å². The molecule has 0 spiro atoms. The minimum Gasteiger partial charge on any atom is -0.480 e. The van der Waals surface area contributed by atoms with E-state index in [1.165, 1.54) is 0 Å². The second kappa shape index (κ2) is 7.64. The smallest absolute Gasteiger partial charge is 0.407 e. The Bertz CT molecular complexity index is 847. The van der Waals surface area contributed by atoms with E-state index >= 15 is 0 Å². The molecule has 2 aliphatic carbocycles. The second-order valence-corrected chi connectivity index (χ2v) is 7.33. The monoisotopic (exact) mass is 381 g/mol. The first-order chi connectivity index (χ1) is 13.5. The molecule has 0 heterocycles. The van der Waals surface area contributed by atoms with Gasteiger partial charge in [0.05, 0.1) is 12.2 Å². The lowest BCUT2D eigenvalue weighted by Gasteiger charge is -2.22. The first kappa shape index (κ1) is 18.5. The largest absolute Gasteiger partial charge is 0.480 e. The number of carbonyl (C=O) groups excluding carboxylic acids is 1. The molecule has 2 atom stereocenters. The predicted octanol–water partition coefficient (Wildman–Crippen LogP) is 3.55. The third-order valence-electron chi connectivity index (χ3n) is 5.28. The lowest BCUT2D eigenvalue weighted by molar-refractivity contribution is -0.143. The number of nitrogens with one attached hydrogen (secondary N) is 1. The van der Waals surface area contributed by atoms with Crippen molar-refractivity contribution in [3.63, 3.8) is 0 Å². The van der Waals surface area contributed by atoms with Crippen LogP contribution in [0.4, 0.5) is 4.79 Å². The number of carboxylic acid groups (broad SMARTS) is 1. The third kappa shape index (κ3) is 3.73. The van der Waals surface area contributed by atoms with Gasteiger partial charge in [0.2, 0.25) is 0 Å². The molecule has 0 aliphatic heterocycles. The number of aliphatic carboxylic acids is 1. The van der Waals surface area contributed by atoms with Crippen LogP contribution >= 0.6 is 0 Å². The molecule has 6 heteroatoms. The number of amides is 1. The number of hydrogen-bond donors (Lipinski definition) is 2. The van der Waals surface area contributed by atoms with E-state index in [0.717, 1.165) is 35.1 Å². The van der Waals surface area contributed by atoms with Crippen LogP contribution in [0.1, 0.15) is 36.8 Å². The van der Waals surface area contributed by atoms with Gasteiger partial charge in [-0.1, -0.05) is 48.5 Å². The van der Waals surface area contributed by atoms with E-state index in [0.29, 0.717) is 0 Å². The molecule has 0 unspecified atom stereocenters. The Morgan fingerprint density at radius 1 is 1.07 bits per heavy atom. The molecule has 0 bridgehead atoms. The number of carboxylic acids is 1. The summed E-state index contributed by atoms with van der Waals surface area (Å²) in [6.07, 6.45) is 0.593. The number of fused-ring (bicyclic) bond motifs is 3. The minimum atomic E-state index is -1.14. The zero-order valence-electron chi connectivity index (χ0n) is 15.6. The van der Waals surface area contributed by atoms with Crippen LogP contribution in [0.2, 0.25) is 0 Å². The van der Waals surface area contributed by atoms with Crippen molar-refractivity contribution in [2.45, 2.75) is 43.9 Å². The topological polar surface area (TPSA) is 84.9 Å². The highest BCUT2D eigenvalue weighted by molar-refractivity contribution is 5.81. The maximum atomic E-state index is 12.3. The lowest BCUT2D eigenvalue weighted by Crippen LogP contribution is -2.49. The van der Waals surface area contributed by atoms with Crippen LogP contribution in [-0.4, -0.2) is 42.0 Å². The molecule has 1 fully saturated rings. The standard InChI is InChI=1S/C22H23NO5/c1-13(28-14-10-11-14)20(21(24)25)23-22(26)27-12-19-17-8-4-2-6-15(17)16-7-3-5-9-18(16)19/h2-9,13-14,19-20H,10-12H2,1H3,(H,23,26)(H,24,25)/t13-,20+/m1/s1. The number of ether oxygens (including phenoxy) is 2. The molecule has 2 aromatic carbocycles. The van der Waals surface area contributed by atoms with E-state index in [-0.39, 0.29) is 18.6 Å². The van der Waals surface area contributed by atoms with Crippen LogP contribution in [0.3, 0.4) is 0 Å². The molecule has 2 aromatic rings. The first-order valence-electron chi connectivity index (χ1n) is 9.54. The normalized spacial score (nSPS) is 17.3. The minimum absolute atomic E-state index is 0.0680. The Morgan fingerprint density at radius 3 is 2.18 bits per heavy atom. The van der Waals surface area contributed by atoms with Gasteiger partial charge >= 0.3 is 12.1 Å². The molecule has 28 heavy (non-hydrogen) atoms. The molecule has 1 amide bonds. The summed E-state index contributed by atoms with van der Waals surface area (Å²) in [6, 6.07) is 15.0. The summed E-state index contributed by atoms with van der Waals surface area (Å²) >= 11 is 0. The Labute approximate surface area is 163 Å². The molecule has 0 aromatic heterocycles. The first-order valence-corrected chi connectivity index (χ1v) is 9.54. The zero-order chi connectivity index (χ0) is 19.7. The summed E-state index contributed by atoms with van der Waals surface area (Å²) in [6.45, 7) is 1.80. The SMILES string of the molecule is C[C@@H](OC1CC1)[C@H](NC(=O)OCC1c2ccccc2-c2ccccc21)C(=O)O. The van der Waals surface area contributed by atoms with Gasteiger partial charge in [-0.25, -0.2) is 9.59 Å². The van der Waals surface area contributed by atoms with Crippen LogP contribution in [-0.2, 0) is 14.3 Å². The number of benzene rings is 2. The van der Waals surface area contributed by atoms with Crippen LogP contribution in [0.5, 0.6) is 0 Å². The van der Waals surface area contributed by atoms with Gasteiger partial charge in [-0.2, -0.15) is 0 Å². The number of rotatable bonds is 7. The molecule has 0 radical (unpaired) electrons. The average Bonchev–Trinajstić information content (AvgIpc) is 3.44. The van der Waals surface area contributed by atoms with E-state index in [1.54, 1.807) is 6.92 Å². The molecule has 146 valence electrons. The van der Waals surface area contributed by atoms with Crippen molar-refractivity contribution >= 4 is 12.1 Å². The molecule has 6 nitrogen and oxygen atoms in total. The van der Waals surface area contributed by atoms with Crippen LogP contribution in [0, 0.1) is 0 Å². The summed E-state index contributed by atoms with van der Waals surface area (Å²) in [7, 11) is 0. The maximum Gasteiger partial charge on any atom is 0.407 e. The van der Waals surface area contributed by atoms with E-state index in [9.17, 15) is 14.7 Å². The number of carbonyl (C=O) groups is 2. The Morgan fingerprint density at radius 2 is 1.64 bits per heavy atom. The second-order valence-electron chi connectivity index (χ2n) is 7.33. The molecule has 0 saturated heterocycles. The van der Waals surface area contributed by atoms with E-state index in [2.05, 4.69) is 17.4 Å². The Hall–Kier alpha value is -2.86. The molecular formula is C22H23NO5. The third-order valence-corrected chi connectivity index (χ3v) is 5.28. The zero-order valence-corrected chi connectivity index (χ0v) is 15.6. The van der Waals surface area contributed by atoms with Crippen LogP contribution in [0.15, 0.2) is 48.5 Å². The summed E-state index contributed by atoms with van der Waals surface area (Å²) in [5.41, 5.74) is 4.50. The number of alkyl carbamates (subject to hydrolysis) is 1. The fourth-order valence-corrected chi connectivity index (χ4v) is 3.73. The summed E-state index contributed by atoms with van der Waals surface area (Å²) in [4.78, 5) is 23.8. The van der Waals surface area contributed by atoms with E-state index in [4.69, 9.17) is 9.47 Å². The lowest BCUT2D eigenvalue weighted by atomic mass is 9.98. The van der Waals surface area contributed by atoms with Gasteiger partial charge < -0.3 is 19.9 Å². The number of hydrogen-bond acceptors (Lipinski definition) is 4. The van der Waals surface area contributed by atoms with Crippen molar-refractivity contribution in [2.75, 3.05) is 6.61 Å². The van der Waals surface area contributed by atoms with Gasteiger partial charge in [-0.05, 0) is 42.0 Å². The van der Waals surface area contributed by atoms with Crippen molar-refractivity contribution < 1.29 is 24.2 Å². The van der Waals surface area contributed by atoms with Gasteiger partial charge in [-0.15, -0.1) is 0 Å². The van der Waals surface area contributed by atoms with Gasteiger partial charge in [0.15, 0.2) is 6.04 Å². The fourth-order valence-electron chi connectivity index (χ4n) is 3.73. The molecular weight excluding hydrogens is 358 g/mol. The molecule has 2 aliphatic rings. The Kier molecular flexibility index (Phi) is 5.05. The Balaban J connectivity index is 1.42. The van der Waals surface area contributed by atoms with Gasteiger partial charge in [-0.3, -0.25) is 0 Å². The van der Waals surface area contributed by atoms with Gasteiger partial charge in [0.25, 0.3) is 0 Å². The van der Waals surface area contributed by atoms with Crippen molar-refractivity contribution in [2.24, 2.45) is 0 Å². The summed E-state index contributed by atoms with van der Waals surface area (Å²) in [5, 5.41) is 11.9. The van der Waals surface area contributed by atoms with Gasteiger partial charge in [0.1, 0.15) is 6.61 Å². The fraction of sp³-hybridized carbons (Fsp3) is 0.364. The van der Waals surface area contributed by atoms with Crippen molar-refractivity contribution in [3.05, 3.63) is 59.7 Å². The highest BCUT2D eigenvalue weighted by Crippen LogP contribution is 2.44. The highest BCUT2D eigenvalue weighted by atomic mass is 16.6. The molecule has 1 saturated carbocycles. The van der Waals surface area contributed by atoms with Crippen molar-refractivity contribution in [1.29, 1.82) is 0 Å². The summed E-state index contributed by atoms with van der Waals surface area (Å²) < 4.78 is 11.0. The molecule has 2 N–H and O–H groups in total. The quantitative estimate of drug-likeness (QED) is 0.766. The molecule has 4 rings (SSSR count). The highest BCUT2D eigenvalue weighted by Gasteiger charge is 2.34. The average molecular weight is 381 g/mol. The van der Waals surface area contributed by atoms with E-state index < -0.39 is 24.2 Å². The summed E-state index contributed by atoms with van der Waals surface area (Å²) in [5.74, 6) is -1.21.